The zero-order chi connectivity index (χ0) is 81.0. The van der Waals surface area contributed by atoms with Gasteiger partial charge in [0.2, 0.25) is 0 Å². The molecule has 0 spiro atoms. The van der Waals surface area contributed by atoms with Crippen molar-refractivity contribution in [3.8, 4) is 77.9 Å². The first kappa shape index (κ1) is 67.8. The van der Waals surface area contributed by atoms with Crippen LogP contribution in [0, 0.1) is 0 Å². The lowest BCUT2D eigenvalue weighted by Crippen LogP contribution is -2.61. The quantitative estimate of drug-likeness (QED) is 0.134. The van der Waals surface area contributed by atoms with Gasteiger partial charge in [-0.05, 0) is 199 Å². The fourth-order valence-electron chi connectivity index (χ4n) is 15.5. The van der Waals surface area contributed by atoms with Crippen molar-refractivity contribution in [1.29, 1.82) is 0 Å². The van der Waals surface area contributed by atoms with Crippen LogP contribution in [0.1, 0.15) is 218 Å². The van der Waals surface area contributed by atoms with Crippen molar-refractivity contribution >= 4 is 57.2 Å². The molecule has 0 N–H and O–H groups in total. The van der Waals surface area contributed by atoms with Gasteiger partial charge in [0, 0.05) is 67.2 Å². The van der Waals surface area contributed by atoms with Crippen molar-refractivity contribution in [2.45, 2.75) is 209 Å². The highest BCUT2D eigenvalue weighted by Gasteiger charge is 2.47. The van der Waals surface area contributed by atoms with Crippen LogP contribution in [0.4, 0.5) is 34.1 Å². The molecule has 1 aromatic heterocycles. The maximum Gasteiger partial charge on any atom is 0.252 e. The van der Waals surface area contributed by atoms with Crippen LogP contribution in [0.5, 0.6) is 0 Å². The Bertz CT molecular complexity index is 5530. The van der Waals surface area contributed by atoms with E-state index in [1.807, 2.05) is 6.07 Å². The van der Waals surface area contributed by atoms with Crippen molar-refractivity contribution < 1.29 is 6.85 Å². The summed E-state index contributed by atoms with van der Waals surface area (Å²) in [6.45, 7) is 55.0. The molecule has 3 heterocycles. The van der Waals surface area contributed by atoms with Gasteiger partial charge in [-0.15, -0.1) is 0 Å². The highest BCUT2D eigenvalue weighted by atomic mass is 15.2. The molecule has 2 aliphatic rings. The fourth-order valence-corrected chi connectivity index (χ4v) is 15.5. The number of benzene rings is 11. The number of anilines is 6. The summed E-state index contributed by atoms with van der Waals surface area (Å²) in [6, 6.07) is 78.8. The Morgan fingerprint density at radius 2 is 0.542 bits per heavy atom. The third-order valence-corrected chi connectivity index (χ3v) is 22.2. The molecule has 107 heavy (non-hydrogen) atoms. The molecule has 14 rings (SSSR count). The number of hydrogen-bond acceptors (Lipinski definition) is 3. The normalized spacial score (nSPS) is 14.2. The number of aromatic nitrogens is 1. The smallest absolute Gasteiger partial charge is 0.252 e. The van der Waals surface area contributed by atoms with Gasteiger partial charge >= 0.3 is 0 Å². The first-order valence-corrected chi connectivity index (χ1v) is 38.7. The minimum Gasteiger partial charge on any atom is -0.310 e. The third-order valence-electron chi connectivity index (χ3n) is 22.2. The van der Waals surface area contributed by atoms with E-state index in [4.69, 9.17) is 6.35 Å². The highest BCUT2D eigenvalue weighted by molar-refractivity contribution is 7.00. The van der Waals surface area contributed by atoms with Crippen molar-refractivity contribution in [2.75, 3.05) is 9.80 Å². The van der Waals surface area contributed by atoms with Crippen molar-refractivity contribution in [3.63, 3.8) is 0 Å². The highest BCUT2D eigenvalue weighted by Crippen LogP contribution is 2.57. The van der Waals surface area contributed by atoms with Crippen LogP contribution in [-0.4, -0.2) is 11.7 Å². The topological polar surface area (TPSA) is 19.4 Å². The molecule has 0 amide bonds. The van der Waals surface area contributed by atoms with Crippen LogP contribution < -0.4 is 26.2 Å². The van der Waals surface area contributed by atoms with E-state index in [0.717, 1.165) is 129 Å². The van der Waals surface area contributed by atoms with Gasteiger partial charge in [-0.1, -0.05) is 348 Å². The maximum atomic E-state index is 9.76. The average Bonchev–Trinajstić information content (AvgIpc) is 0.684. The Labute approximate surface area is 649 Å². The molecule has 0 radical (unpaired) electrons. The van der Waals surface area contributed by atoms with E-state index in [1.165, 1.54) is 33.4 Å². The summed E-state index contributed by atoms with van der Waals surface area (Å²) >= 11 is 0. The Hall–Kier alpha value is -9.77. The zero-order valence-electron chi connectivity index (χ0n) is 73.1. The van der Waals surface area contributed by atoms with Gasteiger partial charge in [-0.25, -0.2) is 0 Å². The van der Waals surface area contributed by atoms with Crippen LogP contribution in [0.15, 0.2) is 243 Å². The zero-order valence-corrected chi connectivity index (χ0v) is 68.1. The van der Waals surface area contributed by atoms with Gasteiger partial charge in [-0.2, -0.15) is 0 Å². The summed E-state index contributed by atoms with van der Waals surface area (Å²) in [7, 11) is 0. The summed E-state index contributed by atoms with van der Waals surface area (Å²) in [5, 5.41) is 0. The minimum absolute atomic E-state index is 0.143. The van der Waals surface area contributed by atoms with Gasteiger partial charge in [0.25, 0.3) is 6.71 Å². The standard InChI is InChI=1S/C103H112BN3/c1-96(2,3)75-49-71(50-76(59-75)97(4,5)6)70-46-48-86-88(54-70)107(95-83(68-43-35-28-36-44-68)63-80(101(16,17)18)64-84(95)74-57-91(102(19,20)21)105-92(58-74)103(22,23)24)90-56-73(72-51-77(98(7,8)9)60-78(52-72)99(10,11)12)55-89-93(90)104(86)85-47-45-69(65-37-29-25-30-38-65)53-87(85)106(89)94-81(66-39-31-26-32-40-66)61-79(100(13,14)15)62-82(94)67-41-33-27-34-42-67/h25-64H,1-24H3/i25D,29D,30D,37D,38D. The van der Waals surface area contributed by atoms with E-state index in [1.54, 1.807) is 0 Å². The van der Waals surface area contributed by atoms with Crippen molar-refractivity contribution in [3.05, 3.63) is 287 Å². The number of fused-ring (bicyclic) bond motifs is 4. The Balaban J connectivity index is 1.28. The predicted molar refractivity (Wildman–Crippen MR) is 466 cm³/mol. The number of nitrogens with zero attached hydrogens (tertiary/aromatic N) is 3. The molecule has 4 heteroatoms. The van der Waals surface area contributed by atoms with Crippen LogP contribution >= 0.6 is 0 Å². The lowest BCUT2D eigenvalue weighted by atomic mass is 9.33. The minimum atomic E-state index is -0.454. The SMILES string of the molecule is [2H]c1c([2H])c([2H])c(-c2ccc3c(c2)N(c2c(-c4ccccc4)cc(C(C)(C)C)cc2-c2ccccc2)c2cc(-c4cc(C(C)(C)C)cc(C(C)(C)C)c4)cc4c2B3c2ccc(-c3cc(C(C)(C)C)cc(C(C)(C)C)c3)cc2N4c2c(-c3ccccc3)cc(C(C)(C)C)cc2-c2cc(C(C)(C)C)nc(C(C)(C)C)c2)c([2H])c1[2H]. The summed E-state index contributed by atoms with van der Waals surface area (Å²) in [5.74, 6) is 0. The maximum absolute atomic E-state index is 9.76. The third kappa shape index (κ3) is 14.3. The van der Waals surface area contributed by atoms with E-state index in [-0.39, 0.29) is 73.1 Å². The monoisotopic (exact) mass is 1410 g/mol. The Kier molecular flexibility index (Phi) is 16.8. The van der Waals surface area contributed by atoms with Crippen LogP contribution in [0.3, 0.4) is 0 Å². The fraction of sp³-hybridized carbons (Fsp3) is 0.311. The lowest BCUT2D eigenvalue weighted by Gasteiger charge is -2.46. The molecule has 11 aromatic carbocycles. The van der Waals surface area contributed by atoms with E-state index < -0.39 is 12.8 Å². The second-order valence-corrected chi connectivity index (χ2v) is 38.7. The first-order chi connectivity index (χ1) is 52.2. The second-order valence-electron chi connectivity index (χ2n) is 38.7. The molecule has 0 bridgehead atoms. The summed E-state index contributed by atoms with van der Waals surface area (Å²) in [5.41, 5.74) is 29.8. The van der Waals surface area contributed by atoms with E-state index >= 15 is 0 Å². The van der Waals surface area contributed by atoms with E-state index in [2.05, 4.69) is 382 Å². The van der Waals surface area contributed by atoms with Crippen LogP contribution in [0.25, 0.3) is 77.9 Å². The lowest BCUT2D eigenvalue weighted by molar-refractivity contribution is 0.531. The number of pyridine rings is 1. The Morgan fingerprint density at radius 1 is 0.252 bits per heavy atom. The van der Waals surface area contributed by atoms with Gasteiger partial charge in [0.15, 0.2) is 0 Å². The molecule has 0 atom stereocenters. The molecule has 0 aliphatic carbocycles. The second kappa shape index (κ2) is 26.6. The summed E-state index contributed by atoms with van der Waals surface area (Å²) in [4.78, 5) is 10.8. The van der Waals surface area contributed by atoms with Gasteiger partial charge in [0.05, 0.1) is 18.2 Å². The first-order valence-electron chi connectivity index (χ1n) is 41.2. The Morgan fingerprint density at radius 3 is 0.869 bits per heavy atom. The van der Waals surface area contributed by atoms with Crippen molar-refractivity contribution in [2.24, 2.45) is 0 Å². The number of hydrogen-bond donors (Lipinski definition) is 0. The molecule has 0 fully saturated rings. The van der Waals surface area contributed by atoms with E-state index in [9.17, 15) is 5.48 Å². The average molecular weight is 1410 g/mol. The van der Waals surface area contributed by atoms with Gasteiger partial charge in [-0.3, -0.25) is 4.98 Å². The number of rotatable bonds is 9. The summed E-state index contributed by atoms with van der Waals surface area (Å²) in [6.07, 6.45) is 0. The molecular formula is C103H112BN3. The van der Waals surface area contributed by atoms with Gasteiger partial charge < -0.3 is 9.80 Å². The largest absolute Gasteiger partial charge is 0.310 e. The molecule has 2 aliphatic heterocycles. The molecule has 0 saturated carbocycles. The van der Waals surface area contributed by atoms with Crippen molar-refractivity contribution in [1.82, 2.24) is 4.98 Å². The molecule has 0 unspecified atom stereocenters. The van der Waals surface area contributed by atoms with Crippen LogP contribution in [-0.2, 0) is 43.3 Å². The molecule has 0 saturated heterocycles. The van der Waals surface area contributed by atoms with Gasteiger partial charge in [0.1, 0.15) is 0 Å². The summed E-state index contributed by atoms with van der Waals surface area (Å²) < 4.78 is 46.9. The molecule has 3 nitrogen and oxygen atoms in total. The molecule has 12 aromatic rings. The van der Waals surface area contributed by atoms with E-state index in [0.29, 0.717) is 5.56 Å². The van der Waals surface area contributed by atoms with Crippen LogP contribution in [0.2, 0.25) is 0 Å². The predicted octanol–water partition coefficient (Wildman–Crippen LogP) is 27.2. The molecule has 542 valence electrons. The molecular weight excluding hydrogens is 1290 g/mol.